The highest BCUT2D eigenvalue weighted by molar-refractivity contribution is 5.85. The Bertz CT molecular complexity index is 311. The average molecular weight is 300 g/mol. The number of carbonyl (C=O) groups is 1. The number of carboxylic acids is 1. The smallest absolute Gasteiger partial charge is 0.323 e. The number of aliphatic carboxylic acids is 1. The van der Waals surface area contributed by atoms with Crippen LogP contribution in [0.1, 0.15) is 33.6 Å². The van der Waals surface area contributed by atoms with E-state index < -0.39 is 11.5 Å². The van der Waals surface area contributed by atoms with Gasteiger partial charge in [0.25, 0.3) is 0 Å². The molecule has 7 heteroatoms. The first-order valence-corrected chi connectivity index (χ1v) is 5.20. The Labute approximate surface area is 121 Å². The second kappa shape index (κ2) is 10.2. The molecule has 0 rings (SSSR count). The number of rotatable bonds is 6. The van der Waals surface area contributed by atoms with E-state index in [-0.39, 0.29) is 24.8 Å². The molecule has 5 nitrogen and oxygen atoms in total. The van der Waals surface area contributed by atoms with E-state index in [1.165, 1.54) is 6.92 Å². The summed E-state index contributed by atoms with van der Waals surface area (Å²) in [4.78, 5) is 14.8. The molecule has 1 atom stereocenters. The summed E-state index contributed by atoms with van der Waals surface area (Å²) < 4.78 is 0. The Morgan fingerprint density at radius 1 is 1.39 bits per heavy atom. The van der Waals surface area contributed by atoms with Crippen molar-refractivity contribution in [2.75, 3.05) is 6.54 Å². The number of hydrogen-bond acceptors (Lipinski definition) is 3. The summed E-state index contributed by atoms with van der Waals surface area (Å²) in [6.45, 7) is 5.71. The van der Waals surface area contributed by atoms with Gasteiger partial charge in [-0.1, -0.05) is 11.6 Å². The first-order valence-electron chi connectivity index (χ1n) is 5.20. The minimum absolute atomic E-state index is 0. The maximum atomic E-state index is 10.8. The van der Waals surface area contributed by atoms with Crippen molar-refractivity contribution in [3.63, 3.8) is 0 Å². The maximum Gasteiger partial charge on any atom is 0.323 e. The molecule has 0 aliphatic heterocycles. The SMILES string of the molecule is CC(N)=NC/C=C(/C)CC[C@](C)(N)C(=O)O.Cl.Cl. The van der Waals surface area contributed by atoms with E-state index in [1.54, 1.807) is 6.92 Å². The molecule has 0 unspecified atom stereocenters. The molecule has 108 valence electrons. The monoisotopic (exact) mass is 299 g/mol. The van der Waals surface area contributed by atoms with Crippen molar-refractivity contribution in [2.45, 2.75) is 39.2 Å². The molecule has 0 heterocycles. The maximum absolute atomic E-state index is 10.8. The number of halogens is 2. The van der Waals surface area contributed by atoms with Crippen molar-refractivity contribution in [3.05, 3.63) is 11.6 Å². The first-order chi connectivity index (χ1) is 7.25. The van der Waals surface area contributed by atoms with E-state index in [2.05, 4.69) is 4.99 Å². The number of hydrogen-bond donors (Lipinski definition) is 3. The van der Waals surface area contributed by atoms with E-state index in [0.29, 0.717) is 25.2 Å². The molecule has 0 saturated heterocycles. The highest BCUT2D eigenvalue weighted by Crippen LogP contribution is 2.13. The predicted molar refractivity (Wildman–Crippen MR) is 79.9 cm³/mol. The number of nitrogens with two attached hydrogens (primary N) is 2. The van der Waals surface area contributed by atoms with Crippen LogP contribution in [0.5, 0.6) is 0 Å². The molecule has 0 bridgehead atoms. The minimum Gasteiger partial charge on any atom is -0.480 e. The molecule has 5 N–H and O–H groups in total. The summed E-state index contributed by atoms with van der Waals surface area (Å²) in [5, 5.41) is 8.82. The van der Waals surface area contributed by atoms with Crippen molar-refractivity contribution in [1.82, 2.24) is 0 Å². The van der Waals surface area contributed by atoms with Crippen molar-refractivity contribution in [1.29, 1.82) is 0 Å². The zero-order valence-electron chi connectivity index (χ0n) is 11.0. The Kier molecular flexibility index (Phi) is 12.7. The van der Waals surface area contributed by atoms with Gasteiger partial charge in [0.05, 0.1) is 12.4 Å². The van der Waals surface area contributed by atoms with Crippen LogP contribution in [-0.2, 0) is 4.79 Å². The second-order valence-electron chi connectivity index (χ2n) is 4.26. The standard InChI is InChI=1S/C11H21N3O2.2ClH/c1-8(5-7-14-9(2)12)4-6-11(3,13)10(15)16;;/h5H,4,6-7,13H2,1-3H3,(H2,12,14)(H,15,16);2*1H/b8-5-;;/t11-;;/m0../s1. The fourth-order valence-electron chi connectivity index (χ4n) is 1.01. The number of allylic oxidation sites excluding steroid dienone is 1. The van der Waals surface area contributed by atoms with Crippen LogP contribution < -0.4 is 11.5 Å². The van der Waals surface area contributed by atoms with Crippen LogP contribution in [0.2, 0.25) is 0 Å². The molecule has 0 radical (unpaired) electrons. The molecule has 0 aliphatic carbocycles. The van der Waals surface area contributed by atoms with Crippen molar-refractivity contribution >= 4 is 36.6 Å². The van der Waals surface area contributed by atoms with Gasteiger partial charge >= 0.3 is 5.97 Å². The van der Waals surface area contributed by atoms with Crippen molar-refractivity contribution < 1.29 is 9.90 Å². The van der Waals surface area contributed by atoms with Crippen LogP contribution in [-0.4, -0.2) is 29.0 Å². The Balaban J connectivity index is -0.00000112. The quantitative estimate of drug-likeness (QED) is 0.395. The largest absolute Gasteiger partial charge is 0.480 e. The lowest BCUT2D eigenvalue weighted by atomic mass is 9.95. The van der Waals surface area contributed by atoms with Gasteiger partial charge in [-0.05, 0) is 33.6 Å². The molecule has 0 saturated carbocycles. The number of nitrogens with zero attached hydrogens (tertiary/aromatic N) is 1. The Morgan fingerprint density at radius 2 is 1.89 bits per heavy atom. The van der Waals surface area contributed by atoms with Gasteiger partial charge in [0, 0.05) is 0 Å². The Morgan fingerprint density at radius 3 is 2.28 bits per heavy atom. The lowest BCUT2D eigenvalue weighted by Gasteiger charge is -2.18. The molecule has 0 aliphatic rings. The van der Waals surface area contributed by atoms with Gasteiger partial charge in [0.2, 0.25) is 0 Å². The molecule has 0 aromatic carbocycles. The molecule has 18 heavy (non-hydrogen) atoms. The second-order valence-corrected chi connectivity index (χ2v) is 4.26. The first kappa shape index (κ1) is 22.4. The van der Waals surface area contributed by atoms with Gasteiger partial charge < -0.3 is 16.6 Å². The third-order valence-corrected chi connectivity index (χ3v) is 2.31. The lowest BCUT2D eigenvalue weighted by Crippen LogP contribution is -2.44. The molecule has 0 fully saturated rings. The summed E-state index contributed by atoms with van der Waals surface area (Å²) in [6, 6.07) is 0. The summed E-state index contributed by atoms with van der Waals surface area (Å²) >= 11 is 0. The predicted octanol–water partition coefficient (Wildman–Crippen LogP) is 1.74. The summed E-state index contributed by atoms with van der Waals surface area (Å²) in [5.41, 5.74) is 10.9. The fraction of sp³-hybridized carbons (Fsp3) is 0.636. The number of amidine groups is 1. The number of carboxylic acid groups (broad SMARTS) is 1. The fourth-order valence-corrected chi connectivity index (χ4v) is 1.01. The van der Waals surface area contributed by atoms with Crippen LogP contribution in [0.25, 0.3) is 0 Å². The molecular weight excluding hydrogens is 277 g/mol. The van der Waals surface area contributed by atoms with Crippen LogP contribution >= 0.6 is 24.8 Å². The lowest BCUT2D eigenvalue weighted by molar-refractivity contribution is -0.142. The van der Waals surface area contributed by atoms with Gasteiger partial charge in [-0.25, -0.2) is 0 Å². The molecule has 0 amide bonds. The van der Waals surface area contributed by atoms with E-state index in [9.17, 15) is 4.79 Å². The van der Waals surface area contributed by atoms with Crippen LogP contribution in [0.4, 0.5) is 0 Å². The molecule has 0 spiro atoms. The zero-order chi connectivity index (χ0) is 12.8. The zero-order valence-corrected chi connectivity index (χ0v) is 12.6. The van der Waals surface area contributed by atoms with E-state index in [4.69, 9.17) is 16.6 Å². The average Bonchev–Trinajstić information content (AvgIpc) is 2.14. The summed E-state index contributed by atoms with van der Waals surface area (Å²) in [6.07, 6.45) is 2.99. The van der Waals surface area contributed by atoms with Gasteiger partial charge in [0.1, 0.15) is 5.54 Å². The normalized spacial score (nSPS) is 15.1. The van der Waals surface area contributed by atoms with Crippen molar-refractivity contribution in [3.8, 4) is 0 Å². The van der Waals surface area contributed by atoms with Gasteiger partial charge in [-0.3, -0.25) is 9.79 Å². The van der Waals surface area contributed by atoms with Gasteiger partial charge in [0.15, 0.2) is 0 Å². The van der Waals surface area contributed by atoms with E-state index in [1.807, 2.05) is 13.0 Å². The van der Waals surface area contributed by atoms with Crippen LogP contribution in [0, 0.1) is 0 Å². The highest BCUT2D eigenvalue weighted by Gasteiger charge is 2.26. The third-order valence-electron chi connectivity index (χ3n) is 2.31. The third kappa shape index (κ3) is 10.4. The van der Waals surface area contributed by atoms with Gasteiger partial charge in [-0.15, -0.1) is 24.8 Å². The topological polar surface area (TPSA) is 102 Å². The minimum atomic E-state index is -1.16. The van der Waals surface area contributed by atoms with E-state index >= 15 is 0 Å². The summed E-state index contributed by atoms with van der Waals surface area (Å²) in [5.74, 6) is -0.436. The van der Waals surface area contributed by atoms with Crippen LogP contribution in [0.3, 0.4) is 0 Å². The molecule has 0 aromatic heterocycles. The van der Waals surface area contributed by atoms with Crippen molar-refractivity contribution in [2.24, 2.45) is 16.5 Å². The van der Waals surface area contributed by atoms with Gasteiger partial charge in [-0.2, -0.15) is 0 Å². The summed E-state index contributed by atoms with van der Waals surface area (Å²) in [7, 11) is 0. The highest BCUT2D eigenvalue weighted by atomic mass is 35.5. The Hall–Kier alpha value is -0.780. The molecular formula is C11H23Cl2N3O2. The number of aliphatic imine (C=N–C) groups is 1. The van der Waals surface area contributed by atoms with Crippen LogP contribution in [0.15, 0.2) is 16.6 Å². The van der Waals surface area contributed by atoms with E-state index in [0.717, 1.165) is 5.57 Å². The molecule has 0 aromatic rings.